The summed E-state index contributed by atoms with van der Waals surface area (Å²) in [6, 6.07) is 25.7. The number of ether oxygens (including phenoxy) is 2. The zero-order valence-corrected chi connectivity index (χ0v) is 20.9. The third-order valence-corrected chi connectivity index (χ3v) is 6.13. The summed E-state index contributed by atoms with van der Waals surface area (Å²) < 4.78 is 11.5. The Morgan fingerprint density at radius 2 is 1.75 bits per heavy atom. The predicted molar refractivity (Wildman–Crippen MR) is 145 cm³/mol. The van der Waals surface area contributed by atoms with Gasteiger partial charge in [-0.25, -0.2) is 0 Å². The van der Waals surface area contributed by atoms with E-state index in [1.807, 2.05) is 55.5 Å². The van der Waals surface area contributed by atoms with E-state index in [-0.39, 0.29) is 12.2 Å². The molecule has 0 unspecified atom stereocenters. The van der Waals surface area contributed by atoms with Crippen LogP contribution in [0, 0.1) is 11.3 Å². The van der Waals surface area contributed by atoms with Crippen molar-refractivity contribution >= 4 is 51.6 Å². The van der Waals surface area contributed by atoms with Gasteiger partial charge in [-0.3, -0.25) is 4.79 Å². The van der Waals surface area contributed by atoms with E-state index in [9.17, 15) is 10.1 Å². The van der Waals surface area contributed by atoms with Crippen LogP contribution in [0.15, 0.2) is 84.4 Å². The zero-order valence-electron chi connectivity index (χ0n) is 19.4. The number of nitriles is 1. The first-order valence-corrected chi connectivity index (χ1v) is 12.0. The van der Waals surface area contributed by atoms with Crippen molar-refractivity contribution in [2.45, 2.75) is 13.5 Å². The van der Waals surface area contributed by atoms with Gasteiger partial charge < -0.3 is 14.8 Å². The lowest BCUT2D eigenvalue weighted by molar-refractivity contribution is -0.112. The van der Waals surface area contributed by atoms with Crippen molar-refractivity contribution in [2.24, 2.45) is 0 Å². The van der Waals surface area contributed by atoms with Crippen LogP contribution in [0.25, 0.3) is 16.8 Å². The molecule has 0 aliphatic heterocycles. The van der Waals surface area contributed by atoms with Gasteiger partial charge in [0, 0.05) is 11.3 Å². The van der Waals surface area contributed by atoms with Gasteiger partial charge in [-0.05, 0) is 71.8 Å². The summed E-state index contributed by atoms with van der Waals surface area (Å²) in [6.07, 6.45) is 1.55. The number of nitrogens with one attached hydrogen (secondary N) is 1. The van der Waals surface area contributed by atoms with Crippen LogP contribution in [0.4, 0.5) is 5.69 Å². The van der Waals surface area contributed by atoms with Crippen LogP contribution in [-0.2, 0) is 11.4 Å². The van der Waals surface area contributed by atoms with Crippen molar-refractivity contribution in [3.8, 4) is 17.6 Å². The first-order valence-electron chi connectivity index (χ1n) is 11.2. The molecular weight excluding hydrogens is 495 g/mol. The molecule has 0 bridgehead atoms. The van der Waals surface area contributed by atoms with E-state index in [0.29, 0.717) is 39.4 Å². The van der Waals surface area contributed by atoms with E-state index in [0.717, 1.165) is 16.3 Å². The fourth-order valence-corrected chi connectivity index (χ4v) is 3.95. The van der Waals surface area contributed by atoms with E-state index in [1.165, 1.54) is 0 Å². The monoisotopic (exact) mass is 516 g/mol. The van der Waals surface area contributed by atoms with Gasteiger partial charge in [-0.1, -0.05) is 59.6 Å². The van der Waals surface area contributed by atoms with E-state index in [4.69, 9.17) is 32.7 Å². The van der Waals surface area contributed by atoms with Gasteiger partial charge >= 0.3 is 0 Å². The quantitative estimate of drug-likeness (QED) is 0.192. The van der Waals surface area contributed by atoms with Crippen molar-refractivity contribution in [1.29, 1.82) is 5.26 Å². The maximum atomic E-state index is 13.0. The van der Waals surface area contributed by atoms with E-state index < -0.39 is 5.91 Å². The summed E-state index contributed by atoms with van der Waals surface area (Å²) in [5.41, 5.74) is 1.96. The minimum absolute atomic E-state index is 0.0559. The molecule has 0 aromatic heterocycles. The van der Waals surface area contributed by atoms with Crippen LogP contribution in [0.1, 0.15) is 18.1 Å². The first-order chi connectivity index (χ1) is 17.5. The maximum absolute atomic E-state index is 13.0. The highest BCUT2D eigenvalue weighted by Crippen LogP contribution is 2.32. The number of halogens is 2. The van der Waals surface area contributed by atoms with Crippen molar-refractivity contribution in [1.82, 2.24) is 0 Å². The number of amides is 1. The number of hydrogen-bond acceptors (Lipinski definition) is 4. The van der Waals surface area contributed by atoms with Gasteiger partial charge in [0.2, 0.25) is 0 Å². The van der Waals surface area contributed by atoms with Crippen molar-refractivity contribution < 1.29 is 14.3 Å². The van der Waals surface area contributed by atoms with E-state index >= 15 is 0 Å². The standard InChI is InChI=1S/C29H22Cl2N2O3/c1-2-35-23-11-9-22(10-12-23)33-29(34)21(17-32)16-25-24-6-4-3-5-20(24)8-14-28(25)36-18-19-7-13-26(30)27(31)15-19/h3-16H,2,18H2,1H3,(H,33,34)/b21-16+. The van der Waals surface area contributed by atoms with Gasteiger partial charge in [0.05, 0.1) is 16.7 Å². The Balaban J connectivity index is 1.64. The molecule has 0 heterocycles. The van der Waals surface area contributed by atoms with Crippen LogP contribution in [0.2, 0.25) is 10.0 Å². The van der Waals surface area contributed by atoms with E-state index in [1.54, 1.807) is 42.5 Å². The molecule has 4 aromatic rings. The summed E-state index contributed by atoms with van der Waals surface area (Å²) in [5, 5.41) is 15.3. The fourth-order valence-electron chi connectivity index (χ4n) is 3.63. The molecule has 1 amide bonds. The molecule has 1 N–H and O–H groups in total. The SMILES string of the molecule is CCOc1ccc(NC(=O)/C(C#N)=C/c2c(OCc3ccc(Cl)c(Cl)c3)ccc3ccccc23)cc1. The van der Waals surface area contributed by atoms with Crippen LogP contribution in [0.5, 0.6) is 11.5 Å². The molecule has 0 radical (unpaired) electrons. The Morgan fingerprint density at radius 3 is 2.47 bits per heavy atom. The average molecular weight is 517 g/mol. The third-order valence-electron chi connectivity index (χ3n) is 5.39. The Bertz CT molecular complexity index is 1470. The smallest absolute Gasteiger partial charge is 0.266 e. The van der Waals surface area contributed by atoms with Gasteiger partial charge in [0.15, 0.2) is 0 Å². The molecule has 0 atom stereocenters. The highest BCUT2D eigenvalue weighted by Gasteiger charge is 2.14. The minimum Gasteiger partial charge on any atom is -0.494 e. The van der Waals surface area contributed by atoms with Gasteiger partial charge in [-0.15, -0.1) is 0 Å². The lowest BCUT2D eigenvalue weighted by atomic mass is 10.0. The van der Waals surface area contributed by atoms with Crippen molar-refractivity contribution in [3.05, 3.63) is 106 Å². The summed E-state index contributed by atoms with van der Waals surface area (Å²) in [5.74, 6) is 0.706. The molecule has 0 fully saturated rings. The van der Waals surface area contributed by atoms with Gasteiger partial charge in [0.1, 0.15) is 29.7 Å². The highest BCUT2D eigenvalue weighted by atomic mass is 35.5. The minimum atomic E-state index is -0.523. The Hall–Kier alpha value is -3.98. The molecule has 180 valence electrons. The van der Waals surface area contributed by atoms with Crippen LogP contribution in [-0.4, -0.2) is 12.5 Å². The number of rotatable bonds is 8. The van der Waals surface area contributed by atoms with Crippen LogP contribution in [0.3, 0.4) is 0 Å². The number of nitrogens with zero attached hydrogens (tertiary/aromatic N) is 1. The first kappa shape index (κ1) is 25.1. The third kappa shape index (κ3) is 5.98. The molecule has 0 saturated carbocycles. The molecule has 0 saturated heterocycles. The normalized spacial score (nSPS) is 11.1. The number of anilines is 1. The molecule has 36 heavy (non-hydrogen) atoms. The second kappa shape index (κ2) is 11.6. The number of fused-ring (bicyclic) bond motifs is 1. The topological polar surface area (TPSA) is 71.3 Å². The summed E-state index contributed by atoms with van der Waals surface area (Å²) >= 11 is 12.1. The van der Waals surface area contributed by atoms with Crippen molar-refractivity contribution in [3.63, 3.8) is 0 Å². The molecular formula is C29H22Cl2N2O3. The molecule has 7 heteroatoms. The molecule has 4 aromatic carbocycles. The van der Waals surface area contributed by atoms with Gasteiger partial charge in [-0.2, -0.15) is 5.26 Å². The fraction of sp³-hybridized carbons (Fsp3) is 0.103. The summed E-state index contributed by atoms with van der Waals surface area (Å²) in [7, 11) is 0. The summed E-state index contributed by atoms with van der Waals surface area (Å²) in [4.78, 5) is 13.0. The molecule has 0 aliphatic carbocycles. The van der Waals surface area contributed by atoms with Crippen LogP contribution >= 0.6 is 23.2 Å². The number of hydrogen-bond donors (Lipinski definition) is 1. The van der Waals surface area contributed by atoms with Gasteiger partial charge in [0.25, 0.3) is 5.91 Å². The molecule has 4 rings (SSSR count). The Morgan fingerprint density at radius 1 is 0.972 bits per heavy atom. The lowest BCUT2D eigenvalue weighted by Crippen LogP contribution is -2.13. The Labute approximate surface area is 219 Å². The maximum Gasteiger partial charge on any atom is 0.266 e. The number of carbonyl (C=O) groups is 1. The largest absolute Gasteiger partial charge is 0.494 e. The molecule has 0 aliphatic rings. The summed E-state index contributed by atoms with van der Waals surface area (Å²) in [6.45, 7) is 2.68. The second-order valence-corrected chi connectivity index (χ2v) is 8.63. The predicted octanol–water partition coefficient (Wildman–Crippen LogP) is 7.67. The molecule has 5 nitrogen and oxygen atoms in total. The van der Waals surface area contributed by atoms with E-state index in [2.05, 4.69) is 5.32 Å². The Kier molecular flexibility index (Phi) is 8.12. The second-order valence-electron chi connectivity index (χ2n) is 7.82. The van der Waals surface area contributed by atoms with Crippen LogP contribution < -0.4 is 14.8 Å². The number of benzene rings is 4. The average Bonchev–Trinajstić information content (AvgIpc) is 2.89. The zero-order chi connectivity index (χ0) is 25.5. The number of carbonyl (C=O) groups excluding carboxylic acids is 1. The lowest BCUT2D eigenvalue weighted by Gasteiger charge is -2.13. The molecule has 0 spiro atoms. The van der Waals surface area contributed by atoms with Crippen molar-refractivity contribution in [2.75, 3.05) is 11.9 Å². The highest BCUT2D eigenvalue weighted by molar-refractivity contribution is 6.42.